The molecule has 0 aromatic heterocycles. The molecule has 37 heavy (non-hydrogen) atoms. The first-order valence-corrected chi connectivity index (χ1v) is 14.8. The third kappa shape index (κ3) is 9.31. The van der Waals surface area contributed by atoms with Gasteiger partial charge in [0.1, 0.15) is 6.04 Å². The summed E-state index contributed by atoms with van der Waals surface area (Å²) in [5.74, 6) is -2.41. The highest BCUT2D eigenvalue weighted by Gasteiger charge is 2.31. The van der Waals surface area contributed by atoms with Crippen molar-refractivity contribution >= 4 is 19.2 Å². The molecule has 0 saturated carbocycles. The lowest BCUT2D eigenvalue weighted by molar-refractivity contribution is -0.142. The molecule has 0 aliphatic heterocycles. The number of unbranched alkanes of at least 4 members (excludes halogenated alkanes) is 1. The van der Waals surface area contributed by atoms with Crippen LogP contribution in [0.5, 0.6) is 0 Å². The Balaban J connectivity index is 1.76. The lowest BCUT2D eigenvalue weighted by Crippen LogP contribution is -2.45. The largest absolute Gasteiger partial charge is 0.480 e. The van der Waals surface area contributed by atoms with Gasteiger partial charge in [-0.25, -0.2) is 4.79 Å². The van der Waals surface area contributed by atoms with Gasteiger partial charge in [-0.1, -0.05) is 105 Å². The fourth-order valence-corrected chi connectivity index (χ4v) is 6.10. The van der Waals surface area contributed by atoms with Crippen LogP contribution in [0.25, 0.3) is 11.1 Å². The van der Waals surface area contributed by atoms with E-state index in [-0.39, 0.29) is 18.7 Å². The SMILES string of the molecule is CCCC[C@H](NC(=O)C(Cc1ccc(-c2ccccc2)cc1)CP(=O)(O)CCc1ccccc1)C(=O)O. The summed E-state index contributed by atoms with van der Waals surface area (Å²) in [6.07, 6.45) is 2.33. The summed E-state index contributed by atoms with van der Waals surface area (Å²) in [6, 6.07) is 26.1. The average molecular weight is 522 g/mol. The van der Waals surface area contributed by atoms with Crippen molar-refractivity contribution in [2.24, 2.45) is 5.92 Å². The molecular weight excluding hydrogens is 485 g/mol. The molecule has 0 aliphatic carbocycles. The normalized spacial score (nSPS) is 14.3. The molecule has 0 heterocycles. The summed E-state index contributed by atoms with van der Waals surface area (Å²) in [6.45, 7) is 1.96. The van der Waals surface area contributed by atoms with E-state index in [0.717, 1.165) is 28.7 Å². The van der Waals surface area contributed by atoms with E-state index in [1.165, 1.54) is 0 Å². The zero-order valence-electron chi connectivity index (χ0n) is 21.3. The molecule has 7 heteroatoms. The Morgan fingerprint density at radius 3 is 2.05 bits per heavy atom. The van der Waals surface area contributed by atoms with Crippen molar-refractivity contribution in [1.29, 1.82) is 0 Å². The van der Waals surface area contributed by atoms with Gasteiger partial charge in [-0.15, -0.1) is 0 Å². The Morgan fingerprint density at radius 2 is 1.46 bits per heavy atom. The number of aliphatic carboxylic acids is 1. The second-order valence-corrected chi connectivity index (χ2v) is 12.0. The topological polar surface area (TPSA) is 104 Å². The molecule has 3 atom stereocenters. The van der Waals surface area contributed by atoms with E-state index in [1.54, 1.807) is 0 Å². The van der Waals surface area contributed by atoms with Crippen molar-refractivity contribution in [2.75, 3.05) is 12.3 Å². The van der Waals surface area contributed by atoms with E-state index >= 15 is 0 Å². The van der Waals surface area contributed by atoms with Crippen molar-refractivity contribution in [3.8, 4) is 11.1 Å². The van der Waals surface area contributed by atoms with Crippen LogP contribution in [0, 0.1) is 5.92 Å². The molecule has 3 N–H and O–H groups in total. The first-order valence-electron chi connectivity index (χ1n) is 12.8. The summed E-state index contributed by atoms with van der Waals surface area (Å²) in [5.41, 5.74) is 3.92. The molecule has 1 amide bonds. The smallest absolute Gasteiger partial charge is 0.326 e. The van der Waals surface area contributed by atoms with Crippen LogP contribution < -0.4 is 5.32 Å². The van der Waals surface area contributed by atoms with Gasteiger partial charge in [0.25, 0.3) is 0 Å². The fourth-order valence-electron chi connectivity index (χ4n) is 4.33. The van der Waals surface area contributed by atoms with Crippen molar-refractivity contribution < 1.29 is 24.2 Å². The van der Waals surface area contributed by atoms with E-state index in [2.05, 4.69) is 5.32 Å². The molecule has 196 valence electrons. The number of carboxylic acids is 1. The summed E-state index contributed by atoms with van der Waals surface area (Å²) in [5, 5.41) is 12.2. The van der Waals surface area contributed by atoms with Crippen molar-refractivity contribution in [3.63, 3.8) is 0 Å². The van der Waals surface area contributed by atoms with Crippen LogP contribution in [-0.2, 0) is 27.0 Å². The van der Waals surface area contributed by atoms with Gasteiger partial charge in [-0.2, -0.15) is 0 Å². The van der Waals surface area contributed by atoms with Gasteiger partial charge < -0.3 is 15.3 Å². The Kier molecular flexibility index (Phi) is 10.7. The highest BCUT2D eigenvalue weighted by Crippen LogP contribution is 2.43. The van der Waals surface area contributed by atoms with Gasteiger partial charge >= 0.3 is 5.97 Å². The molecule has 6 nitrogen and oxygen atoms in total. The third-order valence-corrected chi connectivity index (χ3v) is 8.41. The second-order valence-electron chi connectivity index (χ2n) is 9.49. The fraction of sp³-hybridized carbons (Fsp3) is 0.333. The quantitative estimate of drug-likeness (QED) is 0.233. The second kappa shape index (κ2) is 13.9. The molecule has 2 unspecified atom stereocenters. The number of amides is 1. The number of carboxylic acid groups (broad SMARTS) is 1. The number of hydrogen-bond acceptors (Lipinski definition) is 3. The van der Waals surface area contributed by atoms with Crippen molar-refractivity contribution in [2.45, 2.75) is 45.1 Å². The van der Waals surface area contributed by atoms with E-state index in [0.29, 0.717) is 19.3 Å². The predicted octanol–water partition coefficient (Wildman–Crippen LogP) is 5.79. The Morgan fingerprint density at radius 1 is 0.865 bits per heavy atom. The van der Waals surface area contributed by atoms with Crippen LogP contribution in [0.3, 0.4) is 0 Å². The van der Waals surface area contributed by atoms with Crippen LogP contribution in [0.1, 0.15) is 37.3 Å². The standard InChI is InChI=1S/C30H36NO5P/c1-2-3-14-28(30(33)34)31-29(32)27(22-37(35,36)20-19-23-10-6-4-7-11-23)21-24-15-17-26(18-16-24)25-12-8-5-9-13-25/h4-13,15-18,27-28H,2-3,14,19-22H2,1H3,(H,31,32)(H,33,34)(H,35,36)/t27?,28-/m0/s1. The number of carbonyl (C=O) groups is 2. The third-order valence-electron chi connectivity index (χ3n) is 6.47. The lowest BCUT2D eigenvalue weighted by Gasteiger charge is -2.23. The lowest BCUT2D eigenvalue weighted by atomic mass is 9.97. The first kappa shape index (κ1) is 28.4. The summed E-state index contributed by atoms with van der Waals surface area (Å²) < 4.78 is 13.2. The molecule has 3 aromatic rings. The molecule has 0 bridgehead atoms. The van der Waals surface area contributed by atoms with Crippen molar-refractivity contribution in [1.82, 2.24) is 5.32 Å². The van der Waals surface area contributed by atoms with Crippen molar-refractivity contribution in [3.05, 3.63) is 96.1 Å². The molecule has 3 rings (SSSR count). The Bertz CT molecular complexity index is 1180. The zero-order valence-corrected chi connectivity index (χ0v) is 22.1. The molecule has 0 aliphatic rings. The van der Waals surface area contributed by atoms with Gasteiger partial charge in [0.05, 0.1) is 5.92 Å². The summed E-state index contributed by atoms with van der Waals surface area (Å²) in [7, 11) is -3.66. The summed E-state index contributed by atoms with van der Waals surface area (Å²) in [4.78, 5) is 35.8. The minimum absolute atomic E-state index is 0.0614. The maximum atomic E-state index is 13.3. The first-order chi connectivity index (χ1) is 17.8. The average Bonchev–Trinajstić information content (AvgIpc) is 2.90. The number of rotatable bonds is 14. The van der Waals surface area contributed by atoms with Crippen LogP contribution in [0.15, 0.2) is 84.9 Å². The van der Waals surface area contributed by atoms with E-state index < -0.39 is 31.2 Å². The van der Waals surface area contributed by atoms with Gasteiger partial charge in [-0.3, -0.25) is 9.36 Å². The molecular formula is C30H36NO5P. The maximum absolute atomic E-state index is 13.3. The van der Waals surface area contributed by atoms with Gasteiger partial charge in [0.15, 0.2) is 0 Å². The van der Waals surface area contributed by atoms with E-state index in [9.17, 15) is 24.2 Å². The van der Waals surface area contributed by atoms with Gasteiger partial charge in [0.2, 0.25) is 13.3 Å². The number of benzene rings is 3. The number of carbonyl (C=O) groups excluding carboxylic acids is 1. The van der Waals surface area contributed by atoms with Crippen LogP contribution in [0.4, 0.5) is 0 Å². The molecule has 0 spiro atoms. The molecule has 0 fully saturated rings. The van der Waals surface area contributed by atoms with Gasteiger partial charge in [0, 0.05) is 12.3 Å². The van der Waals surface area contributed by atoms with Gasteiger partial charge in [-0.05, 0) is 41.5 Å². The van der Waals surface area contributed by atoms with E-state index in [1.807, 2.05) is 91.9 Å². The highest BCUT2D eigenvalue weighted by atomic mass is 31.2. The maximum Gasteiger partial charge on any atom is 0.326 e. The molecule has 0 saturated heterocycles. The minimum Gasteiger partial charge on any atom is -0.480 e. The van der Waals surface area contributed by atoms with Crippen LogP contribution in [0.2, 0.25) is 0 Å². The Hall–Kier alpha value is -3.21. The summed E-state index contributed by atoms with van der Waals surface area (Å²) >= 11 is 0. The van der Waals surface area contributed by atoms with E-state index in [4.69, 9.17) is 0 Å². The number of aryl methyl sites for hydroxylation is 1. The zero-order chi connectivity index (χ0) is 26.7. The number of nitrogens with one attached hydrogen (secondary N) is 1. The Labute approximate surface area is 219 Å². The monoisotopic (exact) mass is 521 g/mol. The van der Waals surface area contributed by atoms with Crippen LogP contribution in [-0.4, -0.2) is 40.2 Å². The predicted molar refractivity (Wildman–Crippen MR) is 148 cm³/mol. The highest BCUT2D eigenvalue weighted by molar-refractivity contribution is 7.58. The minimum atomic E-state index is -3.66. The van der Waals surface area contributed by atoms with Crippen LogP contribution >= 0.6 is 7.37 Å². The number of hydrogen-bond donors (Lipinski definition) is 3. The molecule has 0 radical (unpaired) electrons. The molecule has 3 aromatic carbocycles.